The second-order valence-electron chi connectivity index (χ2n) is 5.86. The summed E-state index contributed by atoms with van der Waals surface area (Å²) in [6.07, 6.45) is 0. The van der Waals surface area contributed by atoms with E-state index in [1.807, 2.05) is 9.80 Å². The number of hydrogen-bond acceptors (Lipinski definition) is 10. The molecule has 3 rings (SSSR count). The molecule has 0 radical (unpaired) electrons. The van der Waals surface area contributed by atoms with Gasteiger partial charge >= 0.3 is 5.97 Å². The van der Waals surface area contributed by atoms with Crippen LogP contribution in [0.25, 0.3) is 0 Å². The predicted molar refractivity (Wildman–Crippen MR) is 98.9 cm³/mol. The van der Waals surface area contributed by atoms with E-state index in [1.54, 1.807) is 6.07 Å². The number of carbonyl (C=O) groups excluding carboxylic acids is 1. The highest BCUT2D eigenvalue weighted by molar-refractivity contribution is 6.33. The van der Waals surface area contributed by atoms with Gasteiger partial charge in [-0.15, -0.1) is 0 Å². The number of rotatable bonds is 4. The summed E-state index contributed by atoms with van der Waals surface area (Å²) in [5.74, 6) is -0.348. The van der Waals surface area contributed by atoms with Crippen molar-refractivity contribution in [2.45, 2.75) is 6.92 Å². The highest BCUT2D eigenvalue weighted by Crippen LogP contribution is 2.30. The van der Waals surface area contributed by atoms with Crippen molar-refractivity contribution >= 4 is 40.6 Å². The third-order valence-corrected chi connectivity index (χ3v) is 4.35. The molecule has 2 heterocycles. The average molecular weight is 410 g/mol. The summed E-state index contributed by atoms with van der Waals surface area (Å²) in [5, 5.41) is 22.2. The fourth-order valence-corrected chi connectivity index (χ4v) is 3.03. The van der Waals surface area contributed by atoms with Gasteiger partial charge in [-0.1, -0.05) is 16.8 Å². The molecular formula is C15H16ClN7O5. The number of non-ortho nitro benzene ring substituents is 1. The minimum atomic E-state index is -0.594. The van der Waals surface area contributed by atoms with Crippen LogP contribution in [0, 0.1) is 10.1 Å². The molecule has 12 nitrogen and oxygen atoms in total. The number of halogens is 1. The molecule has 0 atom stereocenters. The Morgan fingerprint density at radius 3 is 2.61 bits per heavy atom. The molecule has 1 aliphatic heterocycles. The quantitative estimate of drug-likeness (QED) is 0.256. The minimum absolute atomic E-state index is 0.0201. The van der Waals surface area contributed by atoms with Gasteiger partial charge in [0.2, 0.25) is 5.84 Å². The Hall–Kier alpha value is -3.41. The summed E-state index contributed by atoms with van der Waals surface area (Å²) in [7, 11) is 0. The minimum Gasteiger partial charge on any atom is -0.379 e. The third kappa shape index (κ3) is 4.11. The van der Waals surface area contributed by atoms with E-state index in [0.29, 0.717) is 36.9 Å². The predicted octanol–water partition coefficient (Wildman–Crippen LogP) is 1.26. The molecule has 0 amide bonds. The SMILES string of the molecule is CC(=O)O/N=C(\c1nonc1N)N1CCN(c2ccc([N+](=O)[O-])cc2Cl)CC1. The van der Waals surface area contributed by atoms with Gasteiger partial charge in [0.15, 0.2) is 11.5 Å². The first-order chi connectivity index (χ1) is 13.4. The molecule has 1 aromatic carbocycles. The van der Waals surface area contributed by atoms with E-state index in [2.05, 4.69) is 20.1 Å². The Labute approximate surface area is 163 Å². The van der Waals surface area contributed by atoms with E-state index in [9.17, 15) is 14.9 Å². The lowest BCUT2D eigenvalue weighted by Crippen LogP contribution is -2.49. The lowest BCUT2D eigenvalue weighted by molar-refractivity contribution is -0.384. The molecule has 148 valence electrons. The van der Waals surface area contributed by atoms with Gasteiger partial charge in [-0.25, -0.2) is 9.42 Å². The summed E-state index contributed by atoms with van der Waals surface area (Å²) in [6, 6.07) is 4.34. The molecule has 13 heteroatoms. The second-order valence-corrected chi connectivity index (χ2v) is 6.27. The Balaban J connectivity index is 1.76. The summed E-state index contributed by atoms with van der Waals surface area (Å²) < 4.78 is 4.60. The van der Waals surface area contributed by atoms with Gasteiger partial charge < -0.3 is 20.4 Å². The van der Waals surface area contributed by atoms with Crippen molar-refractivity contribution in [3.05, 3.63) is 39.0 Å². The molecule has 0 spiro atoms. The molecular weight excluding hydrogens is 394 g/mol. The van der Waals surface area contributed by atoms with Crippen molar-refractivity contribution in [3.63, 3.8) is 0 Å². The van der Waals surface area contributed by atoms with Gasteiger partial charge in [-0.2, -0.15) is 0 Å². The number of nitrogen functional groups attached to an aromatic ring is 1. The Morgan fingerprint density at radius 1 is 1.36 bits per heavy atom. The highest BCUT2D eigenvalue weighted by atomic mass is 35.5. The molecule has 1 aromatic heterocycles. The van der Waals surface area contributed by atoms with E-state index in [4.69, 9.17) is 22.2 Å². The molecule has 2 N–H and O–H groups in total. The van der Waals surface area contributed by atoms with Crippen molar-refractivity contribution in [2.24, 2.45) is 5.16 Å². The smallest absolute Gasteiger partial charge is 0.332 e. The van der Waals surface area contributed by atoms with Crippen molar-refractivity contribution < 1.29 is 19.2 Å². The number of aromatic nitrogens is 2. The van der Waals surface area contributed by atoms with Crippen molar-refractivity contribution in [3.8, 4) is 0 Å². The van der Waals surface area contributed by atoms with E-state index in [1.165, 1.54) is 19.1 Å². The summed E-state index contributed by atoms with van der Waals surface area (Å²) >= 11 is 6.20. The monoisotopic (exact) mass is 409 g/mol. The molecule has 1 saturated heterocycles. The maximum atomic E-state index is 11.1. The van der Waals surface area contributed by atoms with Crippen LogP contribution in [0.2, 0.25) is 5.02 Å². The highest BCUT2D eigenvalue weighted by Gasteiger charge is 2.27. The number of amidine groups is 1. The number of carbonyl (C=O) groups is 1. The lowest BCUT2D eigenvalue weighted by Gasteiger charge is -2.37. The van der Waals surface area contributed by atoms with E-state index in [0.717, 1.165) is 0 Å². The molecule has 1 fully saturated rings. The van der Waals surface area contributed by atoms with Gasteiger partial charge in [-0.3, -0.25) is 10.1 Å². The third-order valence-electron chi connectivity index (χ3n) is 4.05. The van der Waals surface area contributed by atoms with E-state index < -0.39 is 10.9 Å². The second kappa shape index (κ2) is 8.08. The first kappa shape index (κ1) is 19.4. The van der Waals surface area contributed by atoms with Crippen LogP contribution in [-0.4, -0.2) is 58.1 Å². The number of nitro groups is 1. The number of hydrogen-bond donors (Lipinski definition) is 1. The van der Waals surface area contributed by atoms with Gasteiger partial charge in [0.25, 0.3) is 5.69 Å². The van der Waals surface area contributed by atoms with Crippen LogP contribution >= 0.6 is 11.6 Å². The summed E-state index contributed by atoms with van der Waals surface area (Å²) in [6.45, 7) is 3.23. The van der Waals surface area contributed by atoms with Crippen LogP contribution < -0.4 is 10.6 Å². The summed E-state index contributed by atoms with van der Waals surface area (Å²) in [5.41, 5.74) is 6.52. The molecule has 1 aliphatic rings. The maximum Gasteiger partial charge on any atom is 0.332 e. The Morgan fingerprint density at radius 2 is 2.07 bits per heavy atom. The van der Waals surface area contributed by atoms with Crippen molar-refractivity contribution in [1.29, 1.82) is 0 Å². The molecule has 0 saturated carbocycles. The zero-order valence-electron chi connectivity index (χ0n) is 14.7. The number of anilines is 2. The van der Waals surface area contributed by atoms with E-state index >= 15 is 0 Å². The van der Waals surface area contributed by atoms with Crippen LogP contribution in [0.3, 0.4) is 0 Å². The molecule has 2 aromatic rings. The van der Waals surface area contributed by atoms with Crippen LogP contribution in [0.5, 0.6) is 0 Å². The average Bonchev–Trinajstić information content (AvgIpc) is 3.08. The van der Waals surface area contributed by atoms with Crippen molar-refractivity contribution in [1.82, 2.24) is 15.2 Å². The Kier molecular flexibility index (Phi) is 5.59. The number of nitrogens with zero attached hydrogens (tertiary/aromatic N) is 6. The van der Waals surface area contributed by atoms with Gasteiger partial charge in [0.05, 0.1) is 15.6 Å². The molecule has 0 unspecified atom stereocenters. The molecule has 0 bridgehead atoms. The maximum absolute atomic E-state index is 11.1. The van der Waals surface area contributed by atoms with Gasteiger partial charge in [0, 0.05) is 45.2 Å². The van der Waals surface area contributed by atoms with Crippen LogP contribution in [0.15, 0.2) is 28.0 Å². The summed E-state index contributed by atoms with van der Waals surface area (Å²) in [4.78, 5) is 30.0. The largest absolute Gasteiger partial charge is 0.379 e. The number of nitrogens with two attached hydrogens (primary N) is 1. The topological polar surface area (TPSA) is 153 Å². The fourth-order valence-electron chi connectivity index (χ4n) is 2.73. The zero-order valence-corrected chi connectivity index (χ0v) is 15.5. The van der Waals surface area contributed by atoms with Crippen molar-refractivity contribution in [2.75, 3.05) is 36.8 Å². The van der Waals surface area contributed by atoms with Gasteiger partial charge in [-0.05, 0) is 16.4 Å². The van der Waals surface area contributed by atoms with Crippen LogP contribution in [0.4, 0.5) is 17.2 Å². The van der Waals surface area contributed by atoms with Crippen LogP contribution in [0.1, 0.15) is 12.6 Å². The number of oxime groups is 1. The first-order valence-corrected chi connectivity index (χ1v) is 8.52. The number of piperazine rings is 1. The molecule has 0 aliphatic carbocycles. The fraction of sp³-hybridized carbons (Fsp3) is 0.333. The Bertz CT molecular complexity index is 923. The lowest BCUT2D eigenvalue weighted by atomic mass is 10.2. The normalized spacial score (nSPS) is 14.9. The van der Waals surface area contributed by atoms with Gasteiger partial charge in [0.1, 0.15) is 0 Å². The number of nitro benzene ring substituents is 1. The number of benzene rings is 1. The standard InChI is InChI=1S/C15H16ClN7O5/c1-9(24)27-20-15(13-14(17)19-28-18-13)22-6-4-21(5-7-22)12-3-2-10(23(25)26)8-11(12)16/h2-3,8H,4-7H2,1H3,(H2,17,19)/b20-15+. The van der Waals surface area contributed by atoms with E-state index in [-0.39, 0.29) is 23.0 Å². The van der Waals surface area contributed by atoms with Crippen LogP contribution in [-0.2, 0) is 9.63 Å². The zero-order chi connectivity index (χ0) is 20.3. The first-order valence-electron chi connectivity index (χ1n) is 8.14. The molecule has 28 heavy (non-hydrogen) atoms.